The fraction of sp³-hybridized carbons (Fsp3) is 0.600. The molecule has 1 aromatic rings. The van der Waals surface area contributed by atoms with Crippen molar-refractivity contribution in [3.8, 4) is 5.75 Å². The van der Waals surface area contributed by atoms with E-state index in [-0.39, 0.29) is 0 Å². The van der Waals surface area contributed by atoms with Gasteiger partial charge in [0.1, 0.15) is 5.75 Å². The zero-order valence-corrected chi connectivity index (χ0v) is 13.5. The predicted octanol–water partition coefficient (Wildman–Crippen LogP) is 6.11. The molecule has 1 aromatic carbocycles. The van der Waals surface area contributed by atoms with Crippen LogP contribution >= 0.6 is 0 Å². The molecule has 0 spiro atoms. The summed E-state index contributed by atoms with van der Waals surface area (Å²) in [5.41, 5.74) is 1.49. The summed E-state index contributed by atoms with van der Waals surface area (Å²) in [5.74, 6) is 2.65. The van der Waals surface area contributed by atoms with E-state index in [1.165, 1.54) is 50.5 Å². The van der Waals surface area contributed by atoms with Gasteiger partial charge in [0.25, 0.3) is 0 Å². The number of allylic oxidation sites excluding steroid dienone is 1. The van der Waals surface area contributed by atoms with Crippen LogP contribution in [0.5, 0.6) is 5.75 Å². The number of hydrogen-bond acceptors (Lipinski definition) is 1. The van der Waals surface area contributed by atoms with Crippen molar-refractivity contribution >= 4 is 0 Å². The molecule has 0 bridgehead atoms. The second-order valence-electron chi connectivity index (χ2n) is 6.37. The van der Waals surface area contributed by atoms with Crippen molar-refractivity contribution < 1.29 is 4.74 Å². The first-order valence-electron chi connectivity index (χ1n) is 8.67. The highest BCUT2D eigenvalue weighted by atomic mass is 16.5. The van der Waals surface area contributed by atoms with Gasteiger partial charge >= 0.3 is 0 Å². The third-order valence-corrected chi connectivity index (χ3v) is 4.71. The van der Waals surface area contributed by atoms with Gasteiger partial charge in [-0.2, -0.15) is 0 Å². The fourth-order valence-corrected chi connectivity index (χ4v) is 3.35. The molecule has 21 heavy (non-hydrogen) atoms. The molecule has 1 aliphatic carbocycles. The largest absolute Gasteiger partial charge is 0.494 e. The summed E-state index contributed by atoms with van der Waals surface area (Å²) in [4.78, 5) is 0. The Morgan fingerprint density at radius 1 is 1.10 bits per heavy atom. The number of benzene rings is 1. The van der Waals surface area contributed by atoms with Crippen molar-refractivity contribution in [2.45, 2.75) is 64.2 Å². The number of hydrogen-bond donors (Lipinski definition) is 0. The van der Waals surface area contributed by atoms with Gasteiger partial charge in [-0.3, -0.25) is 0 Å². The number of ether oxygens (including phenoxy) is 1. The minimum Gasteiger partial charge on any atom is -0.494 e. The SMILES string of the molecule is C=CCC1CCC(c2ccc(OCCCCC)cc2)CC1. The van der Waals surface area contributed by atoms with Crippen molar-refractivity contribution in [3.05, 3.63) is 42.5 Å². The van der Waals surface area contributed by atoms with Gasteiger partial charge in [0.15, 0.2) is 0 Å². The first-order chi connectivity index (χ1) is 10.3. The Morgan fingerprint density at radius 3 is 2.43 bits per heavy atom. The van der Waals surface area contributed by atoms with Gasteiger partial charge in [-0.1, -0.05) is 38.0 Å². The highest BCUT2D eigenvalue weighted by Crippen LogP contribution is 2.37. The average Bonchev–Trinajstić information content (AvgIpc) is 2.53. The Labute approximate surface area is 130 Å². The minimum atomic E-state index is 0.750. The molecule has 0 amide bonds. The molecule has 0 radical (unpaired) electrons. The molecule has 0 heterocycles. The van der Waals surface area contributed by atoms with Gasteiger partial charge in [-0.25, -0.2) is 0 Å². The van der Waals surface area contributed by atoms with Crippen LogP contribution in [0.15, 0.2) is 36.9 Å². The van der Waals surface area contributed by atoms with Crippen LogP contribution in [0.1, 0.15) is 69.8 Å². The van der Waals surface area contributed by atoms with Gasteiger partial charge in [-0.15, -0.1) is 6.58 Å². The molecule has 1 saturated carbocycles. The molecule has 0 N–H and O–H groups in total. The Morgan fingerprint density at radius 2 is 1.81 bits per heavy atom. The Balaban J connectivity index is 1.78. The summed E-state index contributed by atoms with van der Waals surface area (Å²) in [5, 5.41) is 0. The maximum Gasteiger partial charge on any atom is 0.119 e. The van der Waals surface area contributed by atoms with E-state index in [0.717, 1.165) is 30.6 Å². The summed E-state index contributed by atoms with van der Waals surface area (Å²) in [6, 6.07) is 8.84. The Kier molecular flexibility index (Phi) is 6.85. The van der Waals surface area contributed by atoms with Gasteiger partial charge in [0.05, 0.1) is 6.61 Å². The lowest BCUT2D eigenvalue weighted by molar-refractivity contribution is 0.305. The van der Waals surface area contributed by atoms with Crippen molar-refractivity contribution in [1.29, 1.82) is 0 Å². The van der Waals surface area contributed by atoms with Crippen LogP contribution < -0.4 is 4.74 Å². The molecule has 2 rings (SSSR count). The number of unbranched alkanes of at least 4 members (excludes halogenated alkanes) is 2. The van der Waals surface area contributed by atoms with E-state index in [0.29, 0.717) is 0 Å². The lowest BCUT2D eigenvalue weighted by Crippen LogP contribution is -2.12. The quantitative estimate of drug-likeness (QED) is 0.414. The molecule has 0 aromatic heterocycles. The smallest absolute Gasteiger partial charge is 0.119 e. The first-order valence-corrected chi connectivity index (χ1v) is 8.67. The van der Waals surface area contributed by atoms with Crippen LogP contribution in [0.25, 0.3) is 0 Å². The highest BCUT2D eigenvalue weighted by molar-refractivity contribution is 5.29. The molecule has 1 nitrogen and oxygen atoms in total. The van der Waals surface area contributed by atoms with Crippen LogP contribution in [0.3, 0.4) is 0 Å². The van der Waals surface area contributed by atoms with Gasteiger partial charge in [-0.05, 0) is 68.1 Å². The molecular formula is C20H30O. The molecule has 0 unspecified atom stereocenters. The summed E-state index contributed by atoms with van der Waals surface area (Å²) < 4.78 is 5.79. The van der Waals surface area contributed by atoms with Gasteiger partial charge in [0, 0.05) is 0 Å². The zero-order chi connectivity index (χ0) is 14.9. The monoisotopic (exact) mass is 286 g/mol. The van der Waals surface area contributed by atoms with Gasteiger partial charge in [0.2, 0.25) is 0 Å². The maximum atomic E-state index is 5.79. The normalized spacial score (nSPS) is 22.0. The van der Waals surface area contributed by atoms with E-state index in [1.54, 1.807) is 0 Å². The molecular weight excluding hydrogens is 256 g/mol. The maximum absolute atomic E-state index is 5.79. The predicted molar refractivity (Wildman–Crippen MR) is 91.0 cm³/mol. The van der Waals surface area contributed by atoms with Crippen molar-refractivity contribution in [1.82, 2.24) is 0 Å². The van der Waals surface area contributed by atoms with E-state index in [2.05, 4.69) is 43.8 Å². The standard InChI is InChI=1S/C20H30O/c1-3-5-6-16-21-20-14-12-19(13-15-20)18-10-8-17(7-4-2)9-11-18/h4,12-15,17-18H,2-3,5-11,16H2,1H3. The fourth-order valence-electron chi connectivity index (χ4n) is 3.35. The van der Waals surface area contributed by atoms with Crippen molar-refractivity contribution in [2.75, 3.05) is 6.61 Å². The van der Waals surface area contributed by atoms with E-state index in [1.807, 2.05) is 0 Å². The van der Waals surface area contributed by atoms with Crippen LogP contribution in [-0.2, 0) is 0 Å². The molecule has 1 heteroatoms. The Bertz CT molecular complexity index is 398. The topological polar surface area (TPSA) is 9.23 Å². The third kappa shape index (κ3) is 5.22. The van der Waals surface area contributed by atoms with Crippen LogP contribution in [0.4, 0.5) is 0 Å². The molecule has 0 saturated heterocycles. The van der Waals surface area contributed by atoms with Crippen LogP contribution in [0.2, 0.25) is 0 Å². The average molecular weight is 286 g/mol. The first kappa shape index (κ1) is 16.1. The van der Waals surface area contributed by atoms with E-state index in [9.17, 15) is 0 Å². The summed E-state index contributed by atoms with van der Waals surface area (Å²) >= 11 is 0. The van der Waals surface area contributed by atoms with Crippen LogP contribution in [0, 0.1) is 5.92 Å². The molecule has 1 fully saturated rings. The van der Waals surface area contributed by atoms with E-state index < -0.39 is 0 Å². The second kappa shape index (κ2) is 8.92. The lowest BCUT2D eigenvalue weighted by atomic mass is 9.77. The summed E-state index contributed by atoms with van der Waals surface area (Å²) in [6.45, 7) is 6.93. The highest BCUT2D eigenvalue weighted by Gasteiger charge is 2.21. The molecule has 116 valence electrons. The van der Waals surface area contributed by atoms with E-state index in [4.69, 9.17) is 4.74 Å². The molecule has 0 atom stereocenters. The van der Waals surface area contributed by atoms with E-state index >= 15 is 0 Å². The molecule has 1 aliphatic rings. The number of rotatable bonds is 8. The van der Waals surface area contributed by atoms with Gasteiger partial charge < -0.3 is 4.74 Å². The van der Waals surface area contributed by atoms with Crippen LogP contribution in [-0.4, -0.2) is 6.61 Å². The molecule has 0 aliphatic heterocycles. The second-order valence-corrected chi connectivity index (χ2v) is 6.37. The van der Waals surface area contributed by atoms with Crippen molar-refractivity contribution in [2.24, 2.45) is 5.92 Å². The van der Waals surface area contributed by atoms with Crippen molar-refractivity contribution in [3.63, 3.8) is 0 Å². The zero-order valence-electron chi connectivity index (χ0n) is 13.5. The summed E-state index contributed by atoms with van der Waals surface area (Å²) in [6.07, 6.45) is 12.3. The third-order valence-electron chi connectivity index (χ3n) is 4.71. The Hall–Kier alpha value is -1.24. The summed E-state index contributed by atoms with van der Waals surface area (Å²) in [7, 11) is 0. The lowest BCUT2D eigenvalue weighted by Gasteiger charge is -2.28. The minimum absolute atomic E-state index is 0.750.